The van der Waals surface area contributed by atoms with Crippen molar-refractivity contribution < 1.29 is 13.2 Å². The van der Waals surface area contributed by atoms with Gasteiger partial charge in [-0.3, -0.25) is 0 Å². The van der Waals surface area contributed by atoms with Gasteiger partial charge in [-0.25, -0.2) is 13.1 Å². The van der Waals surface area contributed by atoms with Crippen LogP contribution in [0, 0.1) is 0 Å². The first kappa shape index (κ1) is 18.6. The van der Waals surface area contributed by atoms with Crippen LogP contribution < -0.4 is 4.74 Å². The first-order valence-corrected chi connectivity index (χ1v) is 10.8. The number of ether oxygens (including phenoxy) is 1. The predicted octanol–water partition coefficient (Wildman–Crippen LogP) is 2.29. The summed E-state index contributed by atoms with van der Waals surface area (Å²) in [5.41, 5.74) is 1.75. The molecule has 0 spiro atoms. The van der Waals surface area contributed by atoms with E-state index in [4.69, 9.17) is 4.74 Å². The molecule has 28 heavy (non-hydrogen) atoms. The fourth-order valence-electron chi connectivity index (χ4n) is 3.06. The molecular weight excluding hydrogens is 376 g/mol. The second-order valence-electron chi connectivity index (χ2n) is 6.81. The normalized spacial score (nSPS) is 15.3. The summed E-state index contributed by atoms with van der Waals surface area (Å²) in [4.78, 5) is 0. The largest absolute Gasteiger partial charge is 0.487 e. The van der Waals surface area contributed by atoms with Crippen molar-refractivity contribution in [3.05, 3.63) is 78.1 Å². The summed E-state index contributed by atoms with van der Waals surface area (Å²) in [6.07, 6.45) is 2.34. The zero-order valence-corrected chi connectivity index (χ0v) is 16.2. The summed E-state index contributed by atoms with van der Waals surface area (Å²) < 4.78 is 33.9. The predicted molar refractivity (Wildman–Crippen MR) is 105 cm³/mol. The van der Waals surface area contributed by atoms with Crippen molar-refractivity contribution in [1.29, 1.82) is 0 Å². The van der Waals surface area contributed by atoms with E-state index < -0.39 is 10.0 Å². The third-order valence-corrected chi connectivity index (χ3v) is 6.58. The number of benzene rings is 2. The first-order chi connectivity index (χ1) is 13.6. The molecule has 0 atom stereocenters. The van der Waals surface area contributed by atoms with Gasteiger partial charge in [-0.15, -0.1) is 5.10 Å². The molecule has 1 fully saturated rings. The van der Waals surface area contributed by atoms with Gasteiger partial charge < -0.3 is 4.74 Å². The molecule has 0 bridgehead atoms. The van der Waals surface area contributed by atoms with Gasteiger partial charge in [0, 0.05) is 13.1 Å². The average molecular weight is 398 g/mol. The third-order valence-electron chi connectivity index (χ3n) is 4.78. The van der Waals surface area contributed by atoms with Crippen LogP contribution >= 0.6 is 0 Å². The van der Waals surface area contributed by atoms with Gasteiger partial charge in [0.1, 0.15) is 18.1 Å². The molecule has 7 nitrogen and oxygen atoms in total. The van der Waals surface area contributed by atoms with E-state index >= 15 is 0 Å². The number of hydrogen-bond donors (Lipinski definition) is 0. The van der Waals surface area contributed by atoms with Crippen molar-refractivity contribution in [3.8, 4) is 5.75 Å². The Morgan fingerprint density at radius 1 is 1.00 bits per heavy atom. The maximum Gasteiger partial charge on any atom is 0.214 e. The smallest absolute Gasteiger partial charge is 0.214 e. The quantitative estimate of drug-likeness (QED) is 0.582. The molecule has 1 aromatic heterocycles. The minimum atomic E-state index is -3.25. The Hall–Kier alpha value is -2.71. The molecule has 4 rings (SSSR count). The summed E-state index contributed by atoms with van der Waals surface area (Å²) >= 11 is 0. The number of sulfonamides is 1. The van der Waals surface area contributed by atoms with Crippen molar-refractivity contribution in [2.75, 3.05) is 18.8 Å². The summed E-state index contributed by atoms with van der Waals surface area (Å²) in [6, 6.07) is 19.2. The maximum absolute atomic E-state index is 12.5. The molecule has 0 N–H and O–H groups in total. The molecule has 0 radical (unpaired) electrons. The van der Waals surface area contributed by atoms with Crippen LogP contribution in [0.1, 0.15) is 17.3 Å². The molecule has 1 saturated heterocycles. The molecule has 0 saturated carbocycles. The highest BCUT2D eigenvalue weighted by atomic mass is 32.2. The topological polar surface area (TPSA) is 77.3 Å². The first-order valence-electron chi connectivity index (χ1n) is 9.20. The van der Waals surface area contributed by atoms with Crippen LogP contribution in [0.5, 0.6) is 5.75 Å². The molecule has 0 aliphatic carbocycles. The molecule has 1 aliphatic rings. The molecule has 0 unspecified atom stereocenters. The van der Waals surface area contributed by atoms with Crippen molar-refractivity contribution >= 4 is 10.0 Å². The number of aryl methyl sites for hydroxylation is 1. The average Bonchev–Trinajstić information content (AvgIpc) is 3.14. The van der Waals surface area contributed by atoms with Crippen molar-refractivity contribution in [2.45, 2.75) is 19.1 Å². The summed E-state index contributed by atoms with van der Waals surface area (Å²) in [5.74, 6) is 0.897. The Labute approximate surface area is 164 Å². The lowest BCUT2D eigenvalue weighted by Gasteiger charge is -2.37. The van der Waals surface area contributed by atoms with Crippen molar-refractivity contribution in [2.24, 2.45) is 0 Å². The monoisotopic (exact) mass is 398 g/mol. The van der Waals surface area contributed by atoms with Crippen LogP contribution in [-0.4, -0.2) is 46.6 Å². The van der Waals surface area contributed by atoms with Crippen molar-refractivity contribution in [3.63, 3.8) is 0 Å². The fourth-order valence-corrected chi connectivity index (χ4v) is 4.61. The molecule has 2 heterocycles. The Bertz CT molecular complexity index is 1000. The van der Waals surface area contributed by atoms with Crippen LogP contribution in [0.2, 0.25) is 0 Å². The number of para-hydroxylation sites is 1. The van der Waals surface area contributed by atoms with E-state index in [0.29, 0.717) is 31.8 Å². The zero-order valence-electron chi connectivity index (χ0n) is 15.4. The maximum atomic E-state index is 12.5. The molecule has 3 aromatic rings. The highest BCUT2D eigenvalue weighted by molar-refractivity contribution is 7.89. The lowest BCUT2D eigenvalue weighted by atomic mass is 10.2. The van der Waals surface area contributed by atoms with Gasteiger partial charge in [0.15, 0.2) is 0 Å². The zero-order chi connectivity index (χ0) is 19.4. The van der Waals surface area contributed by atoms with E-state index in [0.717, 1.165) is 11.3 Å². The van der Waals surface area contributed by atoms with Gasteiger partial charge in [0.2, 0.25) is 10.0 Å². The number of aromatic nitrogens is 3. The lowest BCUT2D eigenvalue weighted by molar-refractivity contribution is 0.189. The van der Waals surface area contributed by atoms with Gasteiger partial charge in [-0.2, -0.15) is 4.31 Å². The second-order valence-corrected chi connectivity index (χ2v) is 8.90. The van der Waals surface area contributed by atoms with E-state index in [1.54, 1.807) is 4.68 Å². The standard InChI is InChI=1S/C20H22N4O3S/c25-28(26,12-11-17-7-3-1-4-8-17)23-14-19(15-23)24-13-18(21-22-24)16-27-20-9-5-2-6-10-20/h1-10,13,19H,11-12,14-16H2. The summed E-state index contributed by atoms with van der Waals surface area (Å²) in [6.45, 7) is 1.19. The number of rotatable bonds is 8. The number of nitrogens with zero attached hydrogens (tertiary/aromatic N) is 4. The van der Waals surface area contributed by atoms with Gasteiger partial charge in [-0.1, -0.05) is 53.7 Å². The van der Waals surface area contributed by atoms with Gasteiger partial charge in [0.25, 0.3) is 0 Å². The Kier molecular flexibility index (Phi) is 5.40. The van der Waals surface area contributed by atoms with Crippen molar-refractivity contribution in [1.82, 2.24) is 19.3 Å². The third kappa shape index (κ3) is 4.40. The molecule has 2 aromatic carbocycles. The number of hydrogen-bond acceptors (Lipinski definition) is 5. The van der Waals surface area contributed by atoms with Crippen LogP contribution in [0.4, 0.5) is 0 Å². The van der Waals surface area contributed by atoms with E-state index in [2.05, 4.69) is 10.3 Å². The van der Waals surface area contributed by atoms with Gasteiger partial charge in [0.05, 0.1) is 18.0 Å². The van der Waals surface area contributed by atoms with Gasteiger partial charge >= 0.3 is 0 Å². The minimum absolute atomic E-state index is 0.0180. The van der Waals surface area contributed by atoms with E-state index in [1.165, 1.54) is 4.31 Å². The lowest BCUT2D eigenvalue weighted by Crippen LogP contribution is -2.51. The Morgan fingerprint density at radius 3 is 2.39 bits per heavy atom. The Balaban J connectivity index is 1.27. The molecule has 1 aliphatic heterocycles. The molecule has 0 amide bonds. The Morgan fingerprint density at radius 2 is 1.68 bits per heavy atom. The van der Waals surface area contributed by atoms with Crippen LogP contribution in [-0.2, 0) is 23.1 Å². The molecule has 8 heteroatoms. The van der Waals surface area contributed by atoms with Crippen LogP contribution in [0.3, 0.4) is 0 Å². The van der Waals surface area contributed by atoms with Crippen LogP contribution in [0.15, 0.2) is 66.9 Å². The van der Waals surface area contributed by atoms with Gasteiger partial charge in [-0.05, 0) is 24.1 Å². The summed E-state index contributed by atoms with van der Waals surface area (Å²) in [7, 11) is -3.25. The van der Waals surface area contributed by atoms with Crippen LogP contribution in [0.25, 0.3) is 0 Å². The SMILES string of the molecule is O=S(=O)(CCc1ccccc1)N1CC(n2cc(COc3ccccc3)nn2)C1. The highest BCUT2D eigenvalue weighted by Gasteiger charge is 2.37. The van der Waals surface area contributed by atoms with E-state index in [1.807, 2.05) is 66.9 Å². The molecular formula is C20H22N4O3S. The van der Waals surface area contributed by atoms with E-state index in [9.17, 15) is 8.42 Å². The molecule has 146 valence electrons. The minimum Gasteiger partial charge on any atom is -0.487 e. The van der Waals surface area contributed by atoms with E-state index in [-0.39, 0.29) is 11.8 Å². The fraction of sp³-hybridized carbons (Fsp3) is 0.300. The second kappa shape index (κ2) is 8.12. The highest BCUT2D eigenvalue weighted by Crippen LogP contribution is 2.24. The summed E-state index contributed by atoms with van der Waals surface area (Å²) in [5, 5.41) is 8.24.